The van der Waals surface area contributed by atoms with E-state index >= 15 is 0 Å². The topological polar surface area (TPSA) is 44.7 Å². The summed E-state index contributed by atoms with van der Waals surface area (Å²) in [7, 11) is 2.05. The van der Waals surface area contributed by atoms with Gasteiger partial charge in [0.25, 0.3) is 0 Å². The first kappa shape index (κ1) is 16.9. The Hall–Kier alpha value is -0.160. The number of unbranched alkanes of at least 4 members (excludes halogenated alkanes) is 1. The van der Waals surface area contributed by atoms with Crippen LogP contribution in [0.2, 0.25) is 0 Å². The van der Waals surface area contributed by atoms with Crippen molar-refractivity contribution in [3.8, 4) is 0 Å². The van der Waals surface area contributed by atoms with Crippen molar-refractivity contribution in [1.29, 1.82) is 0 Å². The number of aliphatic hydroxyl groups is 1. The molecule has 0 spiro atoms. The summed E-state index contributed by atoms with van der Waals surface area (Å²) >= 11 is 0. The molecule has 1 heterocycles. The summed E-state index contributed by atoms with van der Waals surface area (Å²) in [5.41, 5.74) is 0. The van der Waals surface area contributed by atoms with Crippen molar-refractivity contribution < 1.29 is 9.84 Å². The van der Waals surface area contributed by atoms with E-state index in [9.17, 15) is 5.11 Å². The van der Waals surface area contributed by atoms with E-state index in [1.54, 1.807) is 0 Å². The van der Waals surface area contributed by atoms with Crippen LogP contribution >= 0.6 is 0 Å². The van der Waals surface area contributed by atoms with Crippen LogP contribution in [0.15, 0.2) is 0 Å². The van der Waals surface area contributed by atoms with Gasteiger partial charge < -0.3 is 20.1 Å². The summed E-state index contributed by atoms with van der Waals surface area (Å²) < 4.78 is 5.48. The van der Waals surface area contributed by atoms with Gasteiger partial charge in [-0.1, -0.05) is 26.7 Å². The quantitative estimate of drug-likeness (QED) is 0.624. The number of piperidine rings is 1. The standard InChI is InChI=1S/C15H32N2O2/c1-4-6-9-19-12-14(18)11-17-8-7-15(16-3)13(5-2)10-17/h13-16,18H,4-12H2,1-3H3. The van der Waals surface area contributed by atoms with E-state index in [0.29, 0.717) is 18.6 Å². The molecule has 0 aromatic heterocycles. The smallest absolute Gasteiger partial charge is 0.0900 e. The Morgan fingerprint density at radius 2 is 2.21 bits per heavy atom. The maximum absolute atomic E-state index is 10.0. The van der Waals surface area contributed by atoms with Crippen LogP contribution in [0.3, 0.4) is 0 Å². The zero-order valence-corrected chi connectivity index (χ0v) is 12.9. The molecule has 0 saturated carbocycles. The van der Waals surface area contributed by atoms with Gasteiger partial charge in [-0.25, -0.2) is 0 Å². The molecule has 0 bridgehead atoms. The number of β-amino-alcohol motifs (C(OH)–C–C–N with tert-alkyl or cyclic N) is 1. The zero-order chi connectivity index (χ0) is 14.1. The number of hydrogen-bond donors (Lipinski definition) is 2. The predicted molar refractivity (Wildman–Crippen MR) is 79.4 cm³/mol. The second-order valence-corrected chi connectivity index (χ2v) is 5.69. The molecule has 1 aliphatic rings. The van der Waals surface area contributed by atoms with Crippen molar-refractivity contribution in [2.24, 2.45) is 5.92 Å². The van der Waals surface area contributed by atoms with Crippen LogP contribution < -0.4 is 5.32 Å². The number of ether oxygens (including phenoxy) is 1. The minimum Gasteiger partial charge on any atom is -0.389 e. The first-order valence-corrected chi connectivity index (χ1v) is 7.86. The molecule has 4 heteroatoms. The fraction of sp³-hybridized carbons (Fsp3) is 1.00. The second kappa shape index (κ2) is 9.70. The van der Waals surface area contributed by atoms with E-state index in [0.717, 1.165) is 39.1 Å². The molecule has 1 rings (SSSR count). The molecule has 19 heavy (non-hydrogen) atoms. The molecule has 114 valence electrons. The first-order valence-electron chi connectivity index (χ1n) is 7.86. The fourth-order valence-electron chi connectivity index (χ4n) is 2.88. The molecule has 4 nitrogen and oxygen atoms in total. The van der Waals surface area contributed by atoms with Gasteiger partial charge in [-0.15, -0.1) is 0 Å². The van der Waals surface area contributed by atoms with Crippen LogP contribution in [0.1, 0.15) is 39.5 Å². The van der Waals surface area contributed by atoms with E-state index in [4.69, 9.17) is 4.74 Å². The lowest BCUT2D eigenvalue weighted by atomic mass is 9.90. The van der Waals surface area contributed by atoms with E-state index in [2.05, 4.69) is 31.1 Å². The number of nitrogens with one attached hydrogen (secondary N) is 1. The largest absolute Gasteiger partial charge is 0.389 e. The number of nitrogens with zero attached hydrogens (tertiary/aromatic N) is 1. The molecule has 0 amide bonds. The van der Waals surface area contributed by atoms with Crippen molar-refractivity contribution >= 4 is 0 Å². The van der Waals surface area contributed by atoms with Crippen LogP contribution in [0.5, 0.6) is 0 Å². The third-order valence-electron chi connectivity index (χ3n) is 4.13. The molecule has 3 unspecified atom stereocenters. The molecule has 1 fully saturated rings. The summed E-state index contributed by atoms with van der Waals surface area (Å²) in [6.07, 6.45) is 4.26. The third kappa shape index (κ3) is 6.21. The van der Waals surface area contributed by atoms with Crippen molar-refractivity contribution in [3.05, 3.63) is 0 Å². The molecule has 0 aromatic rings. The average Bonchev–Trinajstić information content (AvgIpc) is 2.43. The fourth-order valence-corrected chi connectivity index (χ4v) is 2.88. The first-order chi connectivity index (χ1) is 9.21. The molecule has 0 aliphatic carbocycles. The normalized spacial score (nSPS) is 26.5. The number of hydrogen-bond acceptors (Lipinski definition) is 4. The van der Waals surface area contributed by atoms with Gasteiger partial charge >= 0.3 is 0 Å². The summed E-state index contributed by atoms with van der Waals surface area (Å²) in [6.45, 7) is 8.57. The SMILES string of the molecule is CCCCOCC(O)CN1CCC(NC)C(CC)C1. The van der Waals surface area contributed by atoms with Crippen molar-refractivity contribution in [1.82, 2.24) is 10.2 Å². The molecular weight excluding hydrogens is 240 g/mol. The zero-order valence-electron chi connectivity index (χ0n) is 12.9. The van der Waals surface area contributed by atoms with Gasteiger partial charge in [-0.2, -0.15) is 0 Å². The van der Waals surface area contributed by atoms with Gasteiger partial charge in [0.15, 0.2) is 0 Å². The highest BCUT2D eigenvalue weighted by molar-refractivity contribution is 4.84. The van der Waals surface area contributed by atoms with Crippen LogP contribution in [0.25, 0.3) is 0 Å². The molecule has 2 N–H and O–H groups in total. The van der Waals surface area contributed by atoms with Gasteiger partial charge in [-0.05, 0) is 32.4 Å². The molecule has 1 saturated heterocycles. The van der Waals surface area contributed by atoms with Gasteiger partial charge in [0, 0.05) is 25.7 Å². The summed E-state index contributed by atoms with van der Waals surface area (Å²) in [4.78, 5) is 2.38. The maximum atomic E-state index is 10.0. The van der Waals surface area contributed by atoms with Crippen LogP contribution in [-0.2, 0) is 4.74 Å². The number of aliphatic hydroxyl groups excluding tert-OH is 1. The minimum atomic E-state index is -0.347. The van der Waals surface area contributed by atoms with E-state index < -0.39 is 0 Å². The Morgan fingerprint density at radius 1 is 1.42 bits per heavy atom. The molecule has 1 aliphatic heterocycles. The molecule has 0 aromatic carbocycles. The summed E-state index contributed by atoms with van der Waals surface area (Å²) in [5.74, 6) is 0.701. The predicted octanol–water partition coefficient (Wildman–Crippen LogP) is 1.48. The highest BCUT2D eigenvalue weighted by Gasteiger charge is 2.27. The average molecular weight is 272 g/mol. The minimum absolute atomic E-state index is 0.347. The monoisotopic (exact) mass is 272 g/mol. The Balaban J connectivity index is 2.21. The molecular formula is C15H32N2O2. The van der Waals surface area contributed by atoms with Gasteiger partial charge in [0.1, 0.15) is 0 Å². The maximum Gasteiger partial charge on any atom is 0.0900 e. The lowest BCUT2D eigenvalue weighted by Crippen LogP contribution is -2.50. The van der Waals surface area contributed by atoms with Gasteiger partial charge in [-0.3, -0.25) is 0 Å². The van der Waals surface area contributed by atoms with Gasteiger partial charge in [0.05, 0.1) is 12.7 Å². The number of rotatable bonds is 9. The van der Waals surface area contributed by atoms with Gasteiger partial charge in [0.2, 0.25) is 0 Å². The number of likely N-dealkylation sites (tertiary alicyclic amines) is 1. The Morgan fingerprint density at radius 3 is 2.84 bits per heavy atom. The second-order valence-electron chi connectivity index (χ2n) is 5.69. The van der Waals surface area contributed by atoms with Crippen molar-refractivity contribution in [2.45, 2.75) is 51.7 Å². The molecule has 3 atom stereocenters. The lowest BCUT2D eigenvalue weighted by molar-refractivity contribution is 0.00517. The lowest BCUT2D eigenvalue weighted by Gasteiger charge is -2.38. The van der Waals surface area contributed by atoms with Crippen molar-refractivity contribution in [3.63, 3.8) is 0 Å². The third-order valence-corrected chi connectivity index (χ3v) is 4.13. The van der Waals surface area contributed by atoms with E-state index in [-0.39, 0.29) is 6.10 Å². The Kier molecular flexibility index (Phi) is 8.62. The van der Waals surface area contributed by atoms with Crippen LogP contribution in [0.4, 0.5) is 0 Å². The Bertz CT molecular complexity index is 226. The highest BCUT2D eigenvalue weighted by Crippen LogP contribution is 2.20. The van der Waals surface area contributed by atoms with E-state index in [1.807, 2.05) is 0 Å². The highest BCUT2D eigenvalue weighted by atomic mass is 16.5. The van der Waals surface area contributed by atoms with Crippen LogP contribution in [0, 0.1) is 5.92 Å². The summed E-state index contributed by atoms with van der Waals surface area (Å²) in [5, 5.41) is 13.4. The Labute approximate surface area is 118 Å². The molecule has 0 radical (unpaired) electrons. The summed E-state index contributed by atoms with van der Waals surface area (Å²) in [6, 6.07) is 0.638. The van der Waals surface area contributed by atoms with Crippen LogP contribution in [-0.4, -0.2) is 62.0 Å². The van der Waals surface area contributed by atoms with Crippen molar-refractivity contribution in [2.75, 3.05) is 39.9 Å². The van der Waals surface area contributed by atoms with E-state index in [1.165, 1.54) is 12.8 Å².